The summed E-state index contributed by atoms with van der Waals surface area (Å²) >= 11 is 5.92. The van der Waals surface area contributed by atoms with E-state index in [4.69, 9.17) is 17.3 Å². The molecule has 0 spiro atoms. The molecule has 1 aliphatic heterocycles. The maximum atomic E-state index is 12.6. The number of halogens is 1. The van der Waals surface area contributed by atoms with Gasteiger partial charge in [0.2, 0.25) is 0 Å². The number of nitrogens with zero attached hydrogens (tertiary/aromatic N) is 2. The molecule has 0 aliphatic carbocycles. The number of hydrogen-bond donors (Lipinski definition) is 1. The summed E-state index contributed by atoms with van der Waals surface area (Å²) in [4.78, 5) is 16.9. The van der Waals surface area contributed by atoms with Gasteiger partial charge in [0.1, 0.15) is 0 Å². The van der Waals surface area contributed by atoms with Crippen LogP contribution in [0.25, 0.3) is 0 Å². The molecule has 2 aromatic carbocycles. The molecule has 0 radical (unpaired) electrons. The first-order valence-electron chi connectivity index (χ1n) is 8.21. The Labute approximate surface area is 147 Å². The molecule has 0 unspecified atom stereocenters. The molecule has 0 aromatic heterocycles. The Balaban J connectivity index is 1.54. The fourth-order valence-electron chi connectivity index (χ4n) is 2.92. The van der Waals surface area contributed by atoms with Crippen molar-refractivity contribution in [3.8, 4) is 0 Å². The van der Waals surface area contributed by atoms with Crippen LogP contribution >= 0.6 is 11.6 Å². The van der Waals surface area contributed by atoms with E-state index in [0.717, 1.165) is 48.9 Å². The highest BCUT2D eigenvalue weighted by Gasteiger charge is 2.22. The molecule has 1 heterocycles. The number of piperazine rings is 1. The van der Waals surface area contributed by atoms with Gasteiger partial charge in [-0.1, -0.05) is 35.9 Å². The Kier molecular flexibility index (Phi) is 5.51. The van der Waals surface area contributed by atoms with Crippen LogP contribution in [0.4, 0.5) is 0 Å². The number of amides is 1. The van der Waals surface area contributed by atoms with Crippen LogP contribution in [0.15, 0.2) is 48.5 Å². The third kappa shape index (κ3) is 4.15. The fraction of sp³-hybridized carbons (Fsp3) is 0.316. The molecule has 2 N–H and O–H groups in total. The lowest BCUT2D eigenvalue weighted by Crippen LogP contribution is -2.48. The number of hydrogen-bond acceptors (Lipinski definition) is 3. The summed E-state index contributed by atoms with van der Waals surface area (Å²) in [6.07, 6.45) is 0. The van der Waals surface area contributed by atoms with Crippen molar-refractivity contribution in [2.45, 2.75) is 13.1 Å². The van der Waals surface area contributed by atoms with Gasteiger partial charge in [0.05, 0.1) is 0 Å². The van der Waals surface area contributed by atoms with E-state index < -0.39 is 0 Å². The van der Waals surface area contributed by atoms with Crippen LogP contribution in [-0.4, -0.2) is 41.9 Å². The Morgan fingerprint density at radius 1 is 0.917 bits per heavy atom. The zero-order valence-corrected chi connectivity index (χ0v) is 14.4. The molecule has 4 nitrogen and oxygen atoms in total. The van der Waals surface area contributed by atoms with Crippen LogP contribution in [-0.2, 0) is 13.1 Å². The van der Waals surface area contributed by atoms with E-state index in [0.29, 0.717) is 6.54 Å². The second-order valence-corrected chi connectivity index (χ2v) is 6.53. The standard InChI is InChI=1S/C19H22ClN3O/c20-18-7-3-16(4-8-18)14-22-9-11-23(12-10-22)19(24)17-5-1-15(13-21)2-6-17/h1-8H,9-14,21H2. The van der Waals surface area contributed by atoms with Crippen molar-refractivity contribution in [1.29, 1.82) is 0 Å². The molecule has 2 aromatic rings. The SMILES string of the molecule is NCc1ccc(C(=O)N2CCN(Cc3ccc(Cl)cc3)CC2)cc1. The third-order valence-electron chi connectivity index (χ3n) is 4.42. The molecular weight excluding hydrogens is 322 g/mol. The number of nitrogens with two attached hydrogens (primary N) is 1. The second-order valence-electron chi connectivity index (χ2n) is 6.10. The summed E-state index contributed by atoms with van der Waals surface area (Å²) in [5, 5.41) is 0.759. The molecule has 1 saturated heterocycles. The lowest BCUT2D eigenvalue weighted by Gasteiger charge is -2.34. The molecule has 24 heavy (non-hydrogen) atoms. The summed E-state index contributed by atoms with van der Waals surface area (Å²) in [5.41, 5.74) is 8.62. The van der Waals surface area contributed by atoms with Crippen LogP contribution < -0.4 is 5.73 Å². The molecule has 5 heteroatoms. The molecule has 1 fully saturated rings. The number of rotatable bonds is 4. The van der Waals surface area contributed by atoms with Crippen molar-refractivity contribution in [3.05, 3.63) is 70.2 Å². The van der Waals surface area contributed by atoms with Crippen molar-refractivity contribution >= 4 is 17.5 Å². The normalized spacial score (nSPS) is 15.5. The minimum Gasteiger partial charge on any atom is -0.336 e. The first-order valence-corrected chi connectivity index (χ1v) is 8.58. The monoisotopic (exact) mass is 343 g/mol. The highest BCUT2D eigenvalue weighted by Crippen LogP contribution is 2.14. The van der Waals surface area contributed by atoms with Gasteiger partial charge in [0.25, 0.3) is 5.91 Å². The number of benzene rings is 2. The van der Waals surface area contributed by atoms with E-state index in [1.165, 1.54) is 5.56 Å². The molecule has 126 valence electrons. The van der Waals surface area contributed by atoms with Crippen LogP contribution in [0.5, 0.6) is 0 Å². The fourth-order valence-corrected chi connectivity index (χ4v) is 3.05. The average Bonchev–Trinajstić information content (AvgIpc) is 2.64. The van der Waals surface area contributed by atoms with Crippen LogP contribution in [0, 0.1) is 0 Å². The quantitative estimate of drug-likeness (QED) is 0.928. The van der Waals surface area contributed by atoms with Crippen LogP contribution in [0.2, 0.25) is 5.02 Å². The van der Waals surface area contributed by atoms with Crippen molar-refractivity contribution < 1.29 is 4.79 Å². The summed E-state index contributed by atoms with van der Waals surface area (Å²) < 4.78 is 0. The molecule has 1 amide bonds. The predicted octanol–water partition coefficient (Wildman–Crippen LogP) is 2.76. The molecular formula is C19H22ClN3O. The zero-order valence-electron chi connectivity index (χ0n) is 13.6. The average molecular weight is 344 g/mol. The highest BCUT2D eigenvalue weighted by molar-refractivity contribution is 6.30. The van der Waals surface area contributed by atoms with Gasteiger partial charge in [-0.2, -0.15) is 0 Å². The summed E-state index contributed by atoms with van der Waals surface area (Å²) in [7, 11) is 0. The Morgan fingerprint density at radius 3 is 2.08 bits per heavy atom. The van der Waals surface area contributed by atoms with Gasteiger partial charge in [-0.3, -0.25) is 9.69 Å². The maximum absolute atomic E-state index is 12.6. The largest absolute Gasteiger partial charge is 0.336 e. The first-order chi connectivity index (χ1) is 11.7. The topological polar surface area (TPSA) is 49.6 Å². The summed E-state index contributed by atoms with van der Waals surface area (Å²) in [5.74, 6) is 0.102. The predicted molar refractivity (Wildman–Crippen MR) is 97.0 cm³/mol. The minimum absolute atomic E-state index is 0.102. The van der Waals surface area contributed by atoms with Gasteiger partial charge in [-0.05, 0) is 35.4 Å². The lowest BCUT2D eigenvalue weighted by molar-refractivity contribution is 0.0628. The molecule has 0 saturated carbocycles. The lowest BCUT2D eigenvalue weighted by atomic mass is 10.1. The van der Waals surface area contributed by atoms with Crippen LogP contribution in [0.1, 0.15) is 21.5 Å². The van der Waals surface area contributed by atoms with Crippen molar-refractivity contribution in [2.75, 3.05) is 26.2 Å². The van der Waals surface area contributed by atoms with E-state index in [9.17, 15) is 4.79 Å². The number of carbonyl (C=O) groups is 1. The number of carbonyl (C=O) groups excluding carboxylic acids is 1. The summed E-state index contributed by atoms with van der Waals surface area (Å²) in [6, 6.07) is 15.5. The Morgan fingerprint density at radius 2 is 1.50 bits per heavy atom. The minimum atomic E-state index is 0.102. The van der Waals surface area contributed by atoms with E-state index >= 15 is 0 Å². The highest BCUT2D eigenvalue weighted by atomic mass is 35.5. The molecule has 1 aliphatic rings. The van der Waals surface area contributed by atoms with Gasteiger partial charge in [0, 0.05) is 49.9 Å². The molecule has 0 atom stereocenters. The first kappa shape index (κ1) is 17.0. The molecule has 3 rings (SSSR count). The third-order valence-corrected chi connectivity index (χ3v) is 4.67. The van der Waals surface area contributed by atoms with Crippen molar-refractivity contribution in [1.82, 2.24) is 9.80 Å². The van der Waals surface area contributed by atoms with Gasteiger partial charge in [0.15, 0.2) is 0 Å². The van der Waals surface area contributed by atoms with E-state index in [1.807, 2.05) is 41.3 Å². The van der Waals surface area contributed by atoms with Crippen molar-refractivity contribution in [2.24, 2.45) is 5.73 Å². The van der Waals surface area contributed by atoms with Crippen LogP contribution in [0.3, 0.4) is 0 Å². The zero-order chi connectivity index (χ0) is 16.9. The molecule has 0 bridgehead atoms. The maximum Gasteiger partial charge on any atom is 0.253 e. The van der Waals surface area contributed by atoms with Gasteiger partial charge < -0.3 is 10.6 Å². The van der Waals surface area contributed by atoms with Gasteiger partial charge in [-0.15, -0.1) is 0 Å². The van der Waals surface area contributed by atoms with Gasteiger partial charge in [-0.25, -0.2) is 0 Å². The Hall–Kier alpha value is -1.88. The summed E-state index contributed by atoms with van der Waals surface area (Å²) in [6.45, 7) is 4.67. The van der Waals surface area contributed by atoms with E-state index in [1.54, 1.807) is 0 Å². The van der Waals surface area contributed by atoms with E-state index in [2.05, 4.69) is 17.0 Å². The van der Waals surface area contributed by atoms with E-state index in [-0.39, 0.29) is 5.91 Å². The van der Waals surface area contributed by atoms with Crippen molar-refractivity contribution in [3.63, 3.8) is 0 Å². The van der Waals surface area contributed by atoms with Gasteiger partial charge >= 0.3 is 0 Å². The second kappa shape index (κ2) is 7.79. The Bertz CT molecular complexity index is 677. The smallest absolute Gasteiger partial charge is 0.253 e.